The zero-order valence-corrected chi connectivity index (χ0v) is 12.7. The summed E-state index contributed by atoms with van der Waals surface area (Å²) in [7, 11) is 1.57. The van der Waals surface area contributed by atoms with E-state index < -0.39 is 5.82 Å². The number of nitrogens with one attached hydrogen (secondary N) is 2. The maximum absolute atomic E-state index is 13.7. The SMILES string of the molecule is CCNc1ncc(F)c(Nc2cc(OC)ccc2Br)n1. The van der Waals surface area contributed by atoms with Crippen molar-refractivity contribution in [2.24, 2.45) is 0 Å². The molecule has 2 N–H and O–H groups in total. The van der Waals surface area contributed by atoms with Gasteiger partial charge in [0.15, 0.2) is 11.6 Å². The Morgan fingerprint density at radius 2 is 2.20 bits per heavy atom. The van der Waals surface area contributed by atoms with E-state index in [9.17, 15) is 4.39 Å². The third kappa shape index (κ3) is 3.36. The van der Waals surface area contributed by atoms with Crippen molar-refractivity contribution in [3.63, 3.8) is 0 Å². The molecule has 0 atom stereocenters. The molecule has 0 fully saturated rings. The van der Waals surface area contributed by atoms with E-state index in [0.29, 0.717) is 23.9 Å². The first kappa shape index (κ1) is 14.5. The number of aromatic nitrogens is 2. The van der Waals surface area contributed by atoms with E-state index in [1.807, 2.05) is 13.0 Å². The molecule has 0 saturated carbocycles. The molecule has 0 radical (unpaired) electrons. The number of nitrogens with zero attached hydrogens (tertiary/aromatic N) is 2. The van der Waals surface area contributed by atoms with Gasteiger partial charge in [-0.05, 0) is 35.0 Å². The van der Waals surface area contributed by atoms with Gasteiger partial charge in [-0.15, -0.1) is 0 Å². The molecule has 0 amide bonds. The minimum absolute atomic E-state index is 0.102. The topological polar surface area (TPSA) is 59.1 Å². The molecule has 106 valence electrons. The van der Waals surface area contributed by atoms with Crippen LogP contribution in [0.2, 0.25) is 0 Å². The fourth-order valence-electron chi connectivity index (χ4n) is 1.55. The summed E-state index contributed by atoms with van der Waals surface area (Å²) in [4.78, 5) is 7.94. The molecule has 2 aromatic rings. The molecule has 5 nitrogen and oxygen atoms in total. The first-order valence-electron chi connectivity index (χ1n) is 6.01. The van der Waals surface area contributed by atoms with Gasteiger partial charge in [-0.3, -0.25) is 0 Å². The van der Waals surface area contributed by atoms with E-state index in [-0.39, 0.29) is 5.82 Å². The van der Waals surface area contributed by atoms with Crippen LogP contribution in [-0.4, -0.2) is 23.6 Å². The molecule has 0 aliphatic rings. The molecular formula is C13H14BrFN4O. The predicted molar refractivity (Wildman–Crippen MR) is 80.1 cm³/mol. The molecule has 0 saturated heterocycles. The zero-order valence-electron chi connectivity index (χ0n) is 11.1. The fraction of sp³-hybridized carbons (Fsp3) is 0.231. The van der Waals surface area contributed by atoms with Crippen LogP contribution in [0.1, 0.15) is 6.92 Å². The average Bonchev–Trinajstić information content (AvgIpc) is 2.45. The van der Waals surface area contributed by atoms with Crippen LogP contribution in [0.25, 0.3) is 0 Å². The van der Waals surface area contributed by atoms with Gasteiger partial charge in [-0.2, -0.15) is 4.98 Å². The number of anilines is 3. The van der Waals surface area contributed by atoms with E-state index in [1.54, 1.807) is 19.2 Å². The maximum atomic E-state index is 13.7. The second-order valence-electron chi connectivity index (χ2n) is 3.89. The molecule has 0 spiro atoms. The van der Waals surface area contributed by atoms with Crippen LogP contribution >= 0.6 is 15.9 Å². The Labute approximate surface area is 124 Å². The molecule has 20 heavy (non-hydrogen) atoms. The minimum atomic E-state index is -0.527. The number of halogens is 2. The van der Waals surface area contributed by atoms with Gasteiger partial charge in [0.2, 0.25) is 5.95 Å². The number of hydrogen-bond donors (Lipinski definition) is 2. The molecular weight excluding hydrogens is 327 g/mol. The highest BCUT2D eigenvalue weighted by Gasteiger charge is 2.09. The number of methoxy groups -OCH3 is 1. The lowest BCUT2D eigenvalue weighted by Gasteiger charge is -2.11. The molecule has 0 aliphatic carbocycles. The van der Waals surface area contributed by atoms with Crippen LogP contribution < -0.4 is 15.4 Å². The van der Waals surface area contributed by atoms with Gasteiger partial charge in [-0.1, -0.05) is 0 Å². The quantitative estimate of drug-likeness (QED) is 0.871. The van der Waals surface area contributed by atoms with Crippen molar-refractivity contribution in [2.75, 3.05) is 24.3 Å². The molecule has 1 heterocycles. The van der Waals surface area contributed by atoms with E-state index in [4.69, 9.17) is 4.74 Å². The number of rotatable bonds is 5. The maximum Gasteiger partial charge on any atom is 0.224 e. The Kier molecular flexibility index (Phi) is 4.73. The van der Waals surface area contributed by atoms with E-state index in [1.165, 1.54) is 0 Å². The minimum Gasteiger partial charge on any atom is -0.497 e. The van der Waals surface area contributed by atoms with Crippen LogP contribution in [0.4, 0.5) is 21.8 Å². The van der Waals surface area contributed by atoms with Crippen molar-refractivity contribution in [1.82, 2.24) is 9.97 Å². The largest absolute Gasteiger partial charge is 0.497 e. The molecule has 0 unspecified atom stereocenters. The summed E-state index contributed by atoms with van der Waals surface area (Å²) in [6, 6.07) is 5.36. The lowest BCUT2D eigenvalue weighted by Crippen LogP contribution is -2.06. The summed E-state index contributed by atoms with van der Waals surface area (Å²) in [5.74, 6) is 0.610. The standard InChI is InChI=1S/C13H14BrFN4O/c1-3-16-13-17-7-10(15)12(19-13)18-11-6-8(20-2)4-5-9(11)14/h4-7H,3H2,1-2H3,(H2,16,17,18,19). The Balaban J connectivity index is 2.31. The summed E-state index contributed by atoms with van der Waals surface area (Å²) in [6.45, 7) is 2.58. The Morgan fingerprint density at radius 1 is 1.40 bits per heavy atom. The number of benzene rings is 1. The monoisotopic (exact) mass is 340 g/mol. The van der Waals surface area contributed by atoms with Gasteiger partial charge in [0.25, 0.3) is 0 Å². The van der Waals surface area contributed by atoms with Crippen molar-refractivity contribution in [3.8, 4) is 5.75 Å². The molecule has 1 aromatic heterocycles. The average molecular weight is 341 g/mol. The number of hydrogen-bond acceptors (Lipinski definition) is 5. The summed E-state index contributed by atoms with van der Waals surface area (Å²) >= 11 is 3.39. The van der Waals surface area contributed by atoms with Crippen molar-refractivity contribution >= 4 is 33.4 Å². The van der Waals surface area contributed by atoms with Gasteiger partial charge in [0.1, 0.15) is 5.75 Å². The third-order valence-electron chi connectivity index (χ3n) is 2.51. The highest BCUT2D eigenvalue weighted by atomic mass is 79.9. The van der Waals surface area contributed by atoms with Crippen LogP contribution in [0.5, 0.6) is 5.75 Å². The van der Waals surface area contributed by atoms with Crippen molar-refractivity contribution in [1.29, 1.82) is 0 Å². The van der Waals surface area contributed by atoms with Crippen LogP contribution in [0.3, 0.4) is 0 Å². The molecule has 2 rings (SSSR count). The normalized spacial score (nSPS) is 10.2. The highest BCUT2D eigenvalue weighted by molar-refractivity contribution is 9.10. The zero-order chi connectivity index (χ0) is 14.5. The summed E-state index contributed by atoms with van der Waals surface area (Å²) < 4.78 is 19.7. The predicted octanol–water partition coefficient (Wildman–Crippen LogP) is 3.56. The lowest BCUT2D eigenvalue weighted by atomic mass is 10.3. The van der Waals surface area contributed by atoms with Gasteiger partial charge < -0.3 is 15.4 Å². The Bertz CT molecular complexity index is 609. The van der Waals surface area contributed by atoms with Gasteiger partial charge in [0, 0.05) is 17.1 Å². The first-order valence-corrected chi connectivity index (χ1v) is 6.80. The van der Waals surface area contributed by atoms with Crippen molar-refractivity contribution in [2.45, 2.75) is 6.92 Å². The third-order valence-corrected chi connectivity index (χ3v) is 3.20. The highest BCUT2D eigenvalue weighted by Crippen LogP contribution is 2.30. The molecule has 0 aliphatic heterocycles. The lowest BCUT2D eigenvalue weighted by molar-refractivity contribution is 0.415. The first-order chi connectivity index (χ1) is 9.63. The molecule has 7 heteroatoms. The van der Waals surface area contributed by atoms with E-state index in [2.05, 4.69) is 36.5 Å². The summed E-state index contributed by atoms with van der Waals surface area (Å²) in [6.07, 6.45) is 1.13. The van der Waals surface area contributed by atoms with Gasteiger partial charge >= 0.3 is 0 Å². The van der Waals surface area contributed by atoms with Crippen LogP contribution in [-0.2, 0) is 0 Å². The van der Waals surface area contributed by atoms with Crippen LogP contribution in [0, 0.1) is 5.82 Å². The summed E-state index contributed by atoms with van der Waals surface area (Å²) in [5.41, 5.74) is 0.657. The van der Waals surface area contributed by atoms with E-state index in [0.717, 1.165) is 10.7 Å². The molecule has 1 aromatic carbocycles. The smallest absolute Gasteiger partial charge is 0.224 e. The Morgan fingerprint density at radius 3 is 2.90 bits per heavy atom. The summed E-state index contributed by atoms with van der Waals surface area (Å²) in [5, 5.41) is 5.85. The van der Waals surface area contributed by atoms with Gasteiger partial charge in [0.05, 0.1) is 19.0 Å². The number of ether oxygens (including phenoxy) is 1. The second-order valence-corrected chi connectivity index (χ2v) is 4.75. The van der Waals surface area contributed by atoms with Crippen molar-refractivity contribution < 1.29 is 9.13 Å². The van der Waals surface area contributed by atoms with Gasteiger partial charge in [-0.25, -0.2) is 9.37 Å². The second kappa shape index (κ2) is 6.51. The van der Waals surface area contributed by atoms with Crippen LogP contribution in [0.15, 0.2) is 28.9 Å². The fourth-order valence-corrected chi connectivity index (χ4v) is 1.90. The van der Waals surface area contributed by atoms with Crippen molar-refractivity contribution in [3.05, 3.63) is 34.7 Å². The molecule has 0 bridgehead atoms. The Hall–Kier alpha value is -1.89. The van der Waals surface area contributed by atoms with E-state index >= 15 is 0 Å².